The first-order valence-electron chi connectivity index (χ1n) is 7.90. The van der Waals surface area contributed by atoms with Gasteiger partial charge in [0.25, 0.3) is 5.91 Å². The average molecular weight is 337 g/mol. The summed E-state index contributed by atoms with van der Waals surface area (Å²) in [5.74, 6) is 0.126. The van der Waals surface area contributed by atoms with E-state index in [0.29, 0.717) is 22.7 Å². The summed E-state index contributed by atoms with van der Waals surface area (Å²) < 4.78 is 21.4. The van der Waals surface area contributed by atoms with Gasteiger partial charge in [0, 0.05) is 18.2 Å². The fraction of sp³-hybridized carbons (Fsp3) is 0.158. The summed E-state index contributed by atoms with van der Waals surface area (Å²) in [5.41, 5.74) is 4.24. The Morgan fingerprint density at radius 2 is 2.04 bits per heavy atom. The second-order valence-electron chi connectivity index (χ2n) is 5.96. The maximum Gasteiger partial charge on any atom is 0.262 e. The molecular formula is C19H16FN3O2. The van der Waals surface area contributed by atoms with Crippen molar-refractivity contribution in [3.8, 4) is 28.1 Å². The number of aryl methyl sites for hydroxylation is 2. The Kier molecular flexibility index (Phi) is 3.53. The molecule has 0 spiro atoms. The molecule has 0 fully saturated rings. The van der Waals surface area contributed by atoms with Crippen LogP contribution in [0.1, 0.15) is 5.69 Å². The molecule has 0 aliphatic carbocycles. The van der Waals surface area contributed by atoms with Crippen molar-refractivity contribution in [2.45, 2.75) is 6.92 Å². The molecule has 1 amide bonds. The molecule has 4 rings (SSSR count). The number of aromatic nitrogens is 2. The van der Waals surface area contributed by atoms with Crippen LogP contribution in [0.15, 0.2) is 42.5 Å². The van der Waals surface area contributed by atoms with Gasteiger partial charge in [0.15, 0.2) is 6.61 Å². The Morgan fingerprint density at radius 1 is 1.24 bits per heavy atom. The third-order valence-corrected chi connectivity index (χ3v) is 4.25. The monoisotopic (exact) mass is 337 g/mol. The molecule has 126 valence electrons. The molecule has 25 heavy (non-hydrogen) atoms. The van der Waals surface area contributed by atoms with E-state index in [-0.39, 0.29) is 18.3 Å². The van der Waals surface area contributed by atoms with E-state index >= 15 is 0 Å². The zero-order valence-corrected chi connectivity index (χ0v) is 13.8. The molecule has 0 saturated heterocycles. The number of halogens is 1. The lowest BCUT2D eigenvalue weighted by atomic mass is 9.98. The van der Waals surface area contributed by atoms with Crippen molar-refractivity contribution in [2.75, 3.05) is 11.9 Å². The van der Waals surface area contributed by atoms with E-state index in [9.17, 15) is 9.18 Å². The zero-order chi connectivity index (χ0) is 17.6. The first-order chi connectivity index (χ1) is 12.0. The highest BCUT2D eigenvalue weighted by molar-refractivity contribution is 5.97. The number of nitrogens with zero attached hydrogens (tertiary/aromatic N) is 2. The highest BCUT2D eigenvalue weighted by Gasteiger charge is 2.22. The standard InChI is InChI=1S/C19H16FN3O2/c1-11-18(12-7-8-16-15(9-12)21-17(24)10-25-16)19(23(2)22-11)13-5-3-4-6-14(13)20/h3-9H,10H2,1-2H3,(H,21,24). The van der Waals surface area contributed by atoms with Gasteiger partial charge < -0.3 is 10.1 Å². The molecule has 0 radical (unpaired) electrons. The van der Waals surface area contributed by atoms with Crippen LogP contribution in [0.5, 0.6) is 5.75 Å². The van der Waals surface area contributed by atoms with Crippen molar-refractivity contribution in [2.24, 2.45) is 7.05 Å². The van der Waals surface area contributed by atoms with Crippen molar-refractivity contribution in [1.82, 2.24) is 9.78 Å². The number of anilines is 1. The molecule has 0 unspecified atom stereocenters. The van der Waals surface area contributed by atoms with Gasteiger partial charge in [-0.05, 0) is 36.8 Å². The molecule has 1 aromatic heterocycles. The minimum Gasteiger partial charge on any atom is -0.482 e. The van der Waals surface area contributed by atoms with Gasteiger partial charge in [-0.25, -0.2) is 4.39 Å². The van der Waals surface area contributed by atoms with E-state index in [0.717, 1.165) is 16.8 Å². The molecule has 5 nitrogen and oxygen atoms in total. The van der Waals surface area contributed by atoms with Crippen LogP contribution < -0.4 is 10.1 Å². The maximum absolute atomic E-state index is 14.4. The number of nitrogens with one attached hydrogen (secondary N) is 1. The molecular weight excluding hydrogens is 321 g/mol. The zero-order valence-electron chi connectivity index (χ0n) is 13.8. The topological polar surface area (TPSA) is 56.2 Å². The lowest BCUT2D eigenvalue weighted by Crippen LogP contribution is -2.25. The van der Waals surface area contributed by atoms with Crippen LogP contribution in [0.3, 0.4) is 0 Å². The summed E-state index contributed by atoms with van der Waals surface area (Å²) in [6.07, 6.45) is 0. The van der Waals surface area contributed by atoms with Gasteiger partial charge in [0.2, 0.25) is 0 Å². The molecule has 3 aromatic rings. The molecule has 2 heterocycles. The second-order valence-corrected chi connectivity index (χ2v) is 5.96. The maximum atomic E-state index is 14.4. The predicted molar refractivity (Wildman–Crippen MR) is 92.9 cm³/mol. The summed E-state index contributed by atoms with van der Waals surface area (Å²) in [4.78, 5) is 11.6. The van der Waals surface area contributed by atoms with Crippen molar-refractivity contribution >= 4 is 11.6 Å². The number of carbonyl (C=O) groups excluding carboxylic acids is 1. The van der Waals surface area contributed by atoms with E-state index in [1.54, 1.807) is 29.9 Å². The number of carbonyl (C=O) groups is 1. The van der Waals surface area contributed by atoms with Gasteiger partial charge in [-0.3, -0.25) is 9.48 Å². The van der Waals surface area contributed by atoms with Crippen molar-refractivity contribution in [1.29, 1.82) is 0 Å². The van der Waals surface area contributed by atoms with Crippen LogP contribution in [0, 0.1) is 12.7 Å². The third-order valence-electron chi connectivity index (χ3n) is 4.25. The van der Waals surface area contributed by atoms with Gasteiger partial charge in [-0.15, -0.1) is 0 Å². The summed E-state index contributed by atoms with van der Waals surface area (Å²) in [6.45, 7) is 1.90. The molecule has 0 saturated carbocycles. The Bertz CT molecular complexity index is 994. The van der Waals surface area contributed by atoms with E-state index in [1.807, 2.05) is 25.1 Å². The van der Waals surface area contributed by atoms with E-state index in [1.165, 1.54) is 6.07 Å². The van der Waals surface area contributed by atoms with Crippen LogP contribution in [0.2, 0.25) is 0 Å². The minimum atomic E-state index is -0.304. The first-order valence-corrected chi connectivity index (χ1v) is 7.90. The van der Waals surface area contributed by atoms with Crippen LogP contribution in [-0.2, 0) is 11.8 Å². The van der Waals surface area contributed by atoms with E-state index in [2.05, 4.69) is 10.4 Å². The van der Waals surface area contributed by atoms with Crippen molar-refractivity contribution in [3.63, 3.8) is 0 Å². The van der Waals surface area contributed by atoms with Gasteiger partial charge in [-0.2, -0.15) is 5.10 Å². The lowest BCUT2D eigenvalue weighted by Gasteiger charge is -2.19. The predicted octanol–water partition coefficient (Wildman–Crippen LogP) is 3.53. The highest BCUT2D eigenvalue weighted by Crippen LogP contribution is 2.39. The third kappa shape index (κ3) is 2.55. The molecule has 1 N–H and O–H groups in total. The average Bonchev–Trinajstić information content (AvgIpc) is 2.88. The number of hydrogen-bond donors (Lipinski definition) is 1. The molecule has 1 aliphatic heterocycles. The number of rotatable bonds is 2. The number of amides is 1. The van der Waals surface area contributed by atoms with E-state index < -0.39 is 0 Å². The molecule has 0 atom stereocenters. The fourth-order valence-electron chi connectivity index (χ4n) is 3.20. The summed E-state index contributed by atoms with van der Waals surface area (Å²) in [5, 5.41) is 7.27. The summed E-state index contributed by atoms with van der Waals surface area (Å²) in [7, 11) is 1.79. The minimum absolute atomic E-state index is 0.0126. The van der Waals surface area contributed by atoms with E-state index in [4.69, 9.17) is 4.74 Å². The summed E-state index contributed by atoms with van der Waals surface area (Å²) in [6, 6.07) is 12.2. The smallest absolute Gasteiger partial charge is 0.262 e. The SMILES string of the molecule is Cc1nn(C)c(-c2ccccc2F)c1-c1ccc2c(c1)NC(=O)CO2. The molecule has 6 heteroatoms. The second kappa shape index (κ2) is 5.73. The van der Waals surface area contributed by atoms with Gasteiger partial charge in [-0.1, -0.05) is 18.2 Å². The number of hydrogen-bond acceptors (Lipinski definition) is 3. The summed E-state index contributed by atoms with van der Waals surface area (Å²) >= 11 is 0. The first kappa shape index (κ1) is 15.4. The Morgan fingerprint density at radius 3 is 2.84 bits per heavy atom. The van der Waals surface area contributed by atoms with Gasteiger partial charge in [0.1, 0.15) is 11.6 Å². The van der Waals surface area contributed by atoms with Gasteiger partial charge >= 0.3 is 0 Å². The Labute approximate surface area is 144 Å². The largest absolute Gasteiger partial charge is 0.482 e. The van der Waals surface area contributed by atoms with Crippen LogP contribution in [0.4, 0.5) is 10.1 Å². The van der Waals surface area contributed by atoms with Crippen molar-refractivity contribution in [3.05, 3.63) is 54.0 Å². The van der Waals surface area contributed by atoms with Crippen LogP contribution in [0.25, 0.3) is 22.4 Å². The molecule has 2 aromatic carbocycles. The number of ether oxygens (including phenoxy) is 1. The molecule has 0 bridgehead atoms. The van der Waals surface area contributed by atoms with Crippen LogP contribution >= 0.6 is 0 Å². The highest BCUT2D eigenvalue weighted by atomic mass is 19.1. The molecule has 1 aliphatic rings. The number of benzene rings is 2. The van der Waals surface area contributed by atoms with Gasteiger partial charge in [0.05, 0.1) is 17.1 Å². The Balaban J connectivity index is 1.91. The van der Waals surface area contributed by atoms with Crippen LogP contribution in [-0.4, -0.2) is 22.3 Å². The lowest BCUT2D eigenvalue weighted by molar-refractivity contribution is -0.118. The number of fused-ring (bicyclic) bond motifs is 1. The quantitative estimate of drug-likeness (QED) is 0.778. The van der Waals surface area contributed by atoms with Crippen molar-refractivity contribution < 1.29 is 13.9 Å². The normalized spacial score (nSPS) is 13.2. The Hall–Kier alpha value is -3.15. The fourth-order valence-corrected chi connectivity index (χ4v) is 3.20.